The first-order valence-electron chi connectivity index (χ1n) is 8.41. The number of amides is 2. The van der Waals surface area contributed by atoms with Crippen molar-refractivity contribution in [1.82, 2.24) is 29.8 Å². The Morgan fingerprint density at radius 2 is 1.96 bits per heavy atom. The molecule has 0 spiro atoms. The first-order valence-corrected chi connectivity index (χ1v) is 8.41. The number of nitrogens with zero attached hydrogens (tertiary/aromatic N) is 5. The zero-order valence-corrected chi connectivity index (χ0v) is 14.4. The van der Waals surface area contributed by atoms with Crippen LogP contribution in [0.25, 0.3) is 11.0 Å². The second-order valence-corrected chi connectivity index (χ2v) is 6.39. The van der Waals surface area contributed by atoms with E-state index in [1.165, 1.54) is 6.42 Å². The topological polar surface area (TPSA) is 85.0 Å². The Balaban J connectivity index is 1.61. The number of hydrogen-bond donors (Lipinski definition) is 1. The minimum atomic E-state index is -0.481. The summed E-state index contributed by atoms with van der Waals surface area (Å²) in [6, 6.07) is -0.481. The Morgan fingerprint density at radius 3 is 2.62 bits per heavy atom. The number of likely N-dealkylation sites (tertiary alicyclic amines) is 1. The van der Waals surface area contributed by atoms with Gasteiger partial charge in [-0.25, -0.2) is 0 Å². The van der Waals surface area contributed by atoms with Gasteiger partial charge in [0.2, 0.25) is 11.8 Å². The SMILES string of the molecule is Cc1nn(C)c2cn([C@@H](C)C(=O)NCC(=O)N3CCCCC3)nc12. The molecular weight excluding hydrogens is 308 g/mol. The van der Waals surface area contributed by atoms with Gasteiger partial charge in [-0.3, -0.25) is 19.0 Å². The van der Waals surface area contributed by atoms with Gasteiger partial charge in [-0.1, -0.05) is 0 Å². The van der Waals surface area contributed by atoms with Crippen LogP contribution in [0.15, 0.2) is 6.20 Å². The van der Waals surface area contributed by atoms with Crippen LogP contribution in [0.3, 0.4) is 0 Å². The summed E-state index contributed by atoms with van der Waals surface area (Å²) in [5, 5.41) is 11.5. The van der Waals surface area contributed by atoms with Crippen LogP contribution in [0.5, 0.6) is 0 Å². The molecule has 0 radical (unpaired) electrons. The van der Waals surface area contributed by atoms with Crippen molar-refractivity contribution in [3.63, 3.8) is 0 Å². The Morgan fingerprint density at radius 1 is 1.25 bits per heavy atom. The van der Waals surface area contributed by atoms with Gasteiger partial charge in [-0.05, 0) is 33.1 Å². The first-order chi connectivity index (χ1) is 11.5. The van der Waals surface area contributed by atoms with Crippen LogP contribution in [-0.2, 0) is 16.6 Å². The molecule has 8 heteroatoms. The monoisotopic (exact) mass is 332 g/mol. The third kappa shape index (κ3) is 3.13. The van der Waals surface area contributed by atoms with Crippen LogP contribution >= 0.6 is 0 Å². The van der Waals surface area contributed by atoms with Crippen molar-refractivity contribution < 1.29 is 9.59 Å². The van der Waals surface area contributed by atoms with Gasteiger partial charge in [0, 0.05) is 20.1 Å². The van der Waals surface area contributed by atoms with E-state index in [9.17, 15) is 9.59 Å². The molecule has 1 N–H and O–H groups in total. The highest BCUT2D eigenvalue weighted by Crippen LogP contribution is 2.17. The fourth-order valence-corrected chi connectivity index (χ4v) is 3.09. The molecule has 24 heavy (non-hydrogen) atoms. The molecule has 3 heterocycles. The lowest BCUT2D eigenvalue weighted by atomic mass is 10.1. The summed E-state index contributed by atoms with van der Waals surface area (Å²) in [7, 11) is 1.85. The second-order valence-electron chi connectivity index (χ2n) is 6.39. The van der Waals surface area contributed by atoms with Crippen molar-refractivity contribution in [3.8, 4) is 0 Å². The lowest BCUT2D eigenvalue weighted by molar-refractivity contribution is -0.134. The van der Waals surface area contributed by atoms with Crippen molar-refractivity contribution in [2.45, 2.75) is 39.2 Å². The smallest absolute Gasteiger partial charge is 0.245 e. The molecule has 0 saturated carbocycles. The van der Waals surface area contributed by atoms with E-state index < -0.39 is 6.04 Å². The van der Waals surface area contributed by atoms with Crippen LogP contribution < -0.4 is 5.32 Å². The summed E-state index contributed by atoms with van der Waals surface area (Å²) in [4.78, 5) is 26.3. The summed E-state index contributed by atoms with van der Waals surface area (Å²) in [6.45, 7) is 5.30. The number of nitrogens with one attached hydrogen (secondary N) is 1. The van der Waals surface area contributed by atoms with E-state index in [0.29, 0.717) is 0 Å². The molecule has 8 nitrogen and oxygen atoms in total. The molecule has 130 valence electrons. The van der Waals surface area contributed by atoms with E-state index in [0.717, 1.165) is 42.7 Å². The second kappa shape index (κ2) is 6.62. The van der Waals surface area contributed by atoms with Crippen LogP contribution in [0.1, 0.15) is 37.9 Å². The number of hydrogen-bond acceptors (Lipinski definition) is 4. The maximum Gasteiger partial charge on any atom is 0.245 e. The number of fused-ring (bicyclic) bond motifs is 1. The lowest BCUT2D eigenvalue weighted by Crippen LogP contribution is -2.43. The van der Waals surface area contributed by atoms with E-state index in [1.807, 2.05) is 25.1 Å². The fraction of sp³-hybridized carbons (Fsp3) is 0.625. The summed E-state index contributed by atoms with van der Waals surface area (Å²) in [6.07, 6.45) is 5.08. The van der Waals surface area contributed by atoms with Gasteiger partial charge in [0.05, 0.1) is 18.4 Å². The van der Waals surface area contributed by atoms with Crippen LogP contribution in [0.4, 0.5) is 0 Å². The van der Waals surface area contributed by atoms with Crippen molar-refractivity contribution in [2.75, 3.05) is 19.6 Å². The molecule has 2 aromatic heterocycles. The Hall–Kier alpha value is -2.38. The van der Waals surface area contributed by atoms with Crippen LogP contribution in [0, 0.1) is 6.92 Å². The zero-order chi connectivity index (χ0) is 17.3. The van der Waals surface area contributed by atoms with E-state index in [2.05, 4.69) is 15.5 Å². The predicted molar refractivity (Wildman–Crippen MR) is 89.4 cm³/mol. The quantitative estimate of drug-likeness (QED) is 0.896. The van der Waals surface area contributed by atoms with Gasteiger partial charge in [0.15, 0.2) is 0 Å². The zero-order valence-electron chi connectivity index (χ0n) is 14.4. The first kappa shape index (κ1) is 16.5. The maximum atomic E-state index is 12.3. The molecule has 1 fully saturated rings. The van der Waals surface area contributed by atoms with Gasteiger partial charge in [0.25, 0.3) is 0 Å². The van der Waals surface area contributed by atoms with Crippen molar-refractivity contribution >= 4 is 22.8 Å². The van der Waals surface area contributed by atoms with Crippen LogP contribution in [0.2, 0.25) is 0 Å². The number of rotatable bonds is 4. The third-order valence-electron chi connectivity index (χ3n) is 4.60. The highest BCUT2D eigenvalue weighted by Gasteiger charge is 2.21. The normalized spacial score (nSPS) is 16.4. The Labute approximate surface area is 140 Å². The van der Waals surface area contributed by atoms with Gasteiger partial charge in [-0.15, -0.1) is 0 Å². The van der Waals surface area contributed by atoms with E-state index >= 15 is 0 Å². The van der Waals surface area contributed by atoms with Crippen molar-refractivity contribution in [3.05, 3.63) is 11.9 Å². The molecule has 0 unspecified atom stereocenters. The number of carbonyl (C=O) groups is 2. The summed E-state index contributed by atoms with van der Waals surface area (Å²) < 4.78 is 3.37. The van der Waals surface area contributed by atoms with Crippen molar-refractivity contribution in [2.24, 2.45) is 7.05 Å². The van der Waals surface area contributed by atoms with Crippen LogP contribution in [-0.4, -0.2) is 55.9 Å². The highest BCUT2D eigenvalue weighted by atomic mass is 16.2. The van der Waals surface area contributed by atoms with E-state index in [4.69, 9.17) is 0 Å². The molecule has 3 rings (SSSR count). The molecule has 0 bridgehead atoms. The summed E-state index contributed by atoms with van der Waals surface area (Å²) in [5.74, 6) is -0.223. The lowest BCUT2D eigenvalue weighted by Gasteiger charge is -2.27. The van der Waals surface area contributed by atoms with Gasteiger partial charge in [-0.2, -0.15) is 10.2 Å². The molecule has 2 amide bonds. The Bertz CT molecular complexity index is 722. The van der Waals surface area contributed by atoms with E-state index in [-0.39, 0.29) is 18.4 Å². The molecule has 1 saturated heterocycles. The number of aromatic nitrogens is 4. The third-order valence-corrected chi connectivity index (χ3v) is 4.60. The molecule has 0 aromatic carbocycles. The largest absolute Gasteiger partial charge is 0.345 e. The van der Waals surface area contributed by atoms with Gasteiger partial charge in [0.1, 0.15) is 17.1 Å². The summed E-state index contributed by atoms with van der Waals surface area (Å²) in [5.41, 5.74) is 2.51. The van der Waals surface area contributed by atoms with Crippen molar-refractivity contribution in [1.29, 1.82) is 0 Å². The molecule has 1 aliphatic rings. The average molecular weight is 332 g/mol. The molecular formula is C16H24N6O2. The minimum absolute atomic E-state index is 0.0130. The molecule has 1 aliphatic heterocycles. The average Bonchev–Trinajstić information content (AvgIpc) is 3.14. The van der Waals surface area contributed by atoms with E-state index in [1.54, 1.807) is 16.3 Å². The standard InChI is InChI=1S/C16H24N6O2/c1-11-15-13(20(3)18-11)10-22(19-15)12(2)16(24)17-9-14(23)21-7-5-4-6-8-21/h10,12H,4-9H2,1-3H3,(H,17,24)/t12-/m0/s1. The van der Waals surface area contributed by atoms with Gasteiger partial charge < -0.3 is 10.2 Å². The molecule has 2 aromatic rings. The maximum absolute atomic E-state index is 12.3. The minimum Gasteiger partial charge on any atom is -0.345 e. The number of piperidine rings is 1. The molecule has 0 aliphatic carbocycles. The Kier molecular flexibility index (Phi) is 4.55. The highest BCUT2D eigenvalue weighted by molar-refractivity contribution is 5.87. The fourth-order valence-electron chi connectivity index (χ4n) is 3.09. The number of carbonyl (C=O) groups excluding carboxylic acids is 2. The summed E-state index contributed by atoms with van der Waals surface area (Å²) >= 11 is 0. The molecule has 1 atom stereocenters. The van der Waals surface area contributed by atoms with Gasteiger partial charge >= 0.3 is 0 Å². The predicted octanol–water partition coefficient (Wildman–Crippen LogP) is 0.768. The number of aryl methyl sites for hydroxylation is 2.